The van der Waals surface area contributed by atoms with Gasteiger partial charge < -0.3 is 9.64 Å². The van der Waals surface area contributed by atoms with Crippen LogP contribution in [0.3, 0.4) is 0 Å². The number of hydrogen-bond acceptors (Lipinski definition) is 4. The lowest BCUT2D eigenvalue weighted by Gasteiger charge is -2.35. The number of sulfonamides is 1. The Morgan fingerprint density at radius 2 is 1.79 bits per heavy atom. The second-order valence-corrected chi connectivity index (χ2v) is 8.71. The number of halogens is 1. The Kier molecular flexibility index (Phi) is 5.71. The number of aryl methyl sites for hydroxylation is 1. The maximum absolute atomic E-state index is 13.8. The lowest BCUT2D eigenvalue weighted by atomic mass is 10.1. The molecule has 2 aromatic carbocycles. The number of hydrogen-bond donors (Lipinski definition) is 1. The summed E-state index contributed by atoms with van der Waals surface area (Å²) in [5.41, 5.74) is 0.825. The third-order valence-corrected chi connectivity index (χ3v) is 5.94. The van der Waals surface area contributed by atoms with Gasteiger partial charge in [-0.2, -0.15) is 0 Å². The molecule has 1 N–H and O–H groups in total. The first-order chi connectivity index (χ1) is 13.2. The molecular formula is C20H23FN2O4S. The zero-order valence-electron chi connectivity index (χ0n) is 16.0. The van der Waals surface area contributed by atoms with Gasteiger partial charge in [-0.05, 0) is 50.6 Å². The number of carbonyl (C=O) groups is 1. The van der Waals surface area contributed by atoms with Crippen molar-refractivity contribution in [2.24, 2.45) is 0 Å². The zero-order valence-corrected chi connectivity index (χ0v) is 16.8. The number of para-hydroxylation sites is 1. The molecule has 6 nitrogen and oxygen atoms in total. The quantitative estimate of drug-likeness (QED) is 0.846. The molecule has 1 fully saturated rings. The Morgan fingerprint density at radius 1 is 1.14 bits per heavy atom. The molecule has 0 aromatic heterocycles. The normalized spacial score (nSPS) is 20.1. The van der Waals surface area contributed by atoms with Crippen molar-refractivity contribution in [3.05, 3.63) is 59.4 Å². The first-order valence-corrected chi connectivity index (χ1v) is 10.5. The number of nitrogens with zero attached hydrogens (tertiary/aromatic N) is 1. The highest BCUT2D eigenvalue weighted by molar-refractivity contribution is 7.92. The number of rotatable bonds is 4. The Morgan fingerprint density at radius 3 is 2.43 bits per heavy atom. The number of morpholine rings is 1. The van der Waals surface area contributed by atoms with Crippen LogP contribution in [0, 0.1) is 12.7 Å². The molecule has 0 saturated carbocycles. The summed E-state index contributed by atoms with van der Waals surface area (Å²) in [5, 5.41) is 0. The van der Waals surface area contributed by atoms with E-state index in [4.69, 9.17) is 4.74 Å². The van der Waals surface area contributed by atoms with Crippen molar-refractivity contribution in [2.45, 2.75) is 37.9 Å². The van der Waals surface area contributed by atoms with E-state index in [0.29, 0.717) is 24.2 Å². The van der Waals surface area contributed by atoms with Gasteiger partial charge in [-0.1, -0.05) is 18.2 Å². The standard InChI is InChI=1S/C20H23FN2O4S/c1-13-8-9-16(28(25,26)22-19-7-5-4-6-18(19)21)10-17(13)20(24)23-11-14(2)27-15(3)12-23/h4-10,14-15,22H,11-12H2,1-3H3/t14-,15-/m0/s1. The largest absolute Gasteiger partial charge is 0.372 e. The van der Waals surface area contributed by atoms with Crippen LogP contribution in [0.2, 0.25) is 0 Å². The topological polar surface area (TPSA) is 75.7 Å². The van der Waals surface area contributed by atoms with Crippen molar-refractivity contribution in [1.82, 2.24) is 4.90 Å². The molecule has 1 saturated heterocycles. The van der Waals surface area contributed by atoms with Gasteiger partial charge in [0.25, 0.3) is 15.9 Å². The fourth-order valence-corrected chi connectivity index (χ4v) is 4.35. The second kappa shape index (κ2) is 7.89. The number of ether oxygens (including phenoxy) is 1. The van der Waals surface area contributed by atoms with Gasteiger partial charge in [0.15, 0.2) is 0 Å². The van der Waals surface area contributed by atoms with Crippen molar-refractivity contribution >= 4 is 21.6 Å². The molecule has 0 spiro atoms. The van der Waals surface area contributed by atoms with Crippen LogP contribution in [0.5, 0.6) is 0 Å². The van der Waals surface area contributed by atoms with Crippen LogP contribution in [0.25, 0.3) is 0 Å². The summed E-state index contributed by atoms with van der Waals surface area (Å²) < 4.78 is 47.1. The highest BCUT2D eigenvalue weighted by Crippen LogP contribution is 2.23. The number of nitrogens with one attached hydrogen (secondary N) is 1. The molecule has 0 bridgehead atoms. The number of anilines is 1. The minimum atomic E-state index is -4.05. The van der Waals surface area contributed by atoms with Gasteiger partial charge in [0, 0.05) is 18.7 Å². The van der Waals surface area contributed by atoms with Gasteiger partial charge >= 0.3 is 0 Å². The Labute approximate surface area is 164 Å². The summed E-state index contributed by atoms with van der Waals surface area (Å²) in [6.45, 7) is 6.41. The molecule has 8 heteroatoms. The second-order valence-electron chi connectivity index (χ2n) is 7.03. The number of benzene rings is 2. The Hall–Kier alpha value is -2.45. The SMILES string of the molecule is Cc1ccc(S(=O)(=O)Nc2ccccc2F)cc1C(=O)N1C[C@H](C)O[C@@H](C)C1. The highest BCUT2D eigenvalue weighted by atomic mass is 32.2. The van der Waals surface area contributed by atoms with Crippen LogP contribution in [-0.4, -0.2) is 44.5 Å². The molecule has 1 amide bonds. The van der Waals surface area contributed by atoms with E-state index in [0.717, 1.165) is 0 Å². The van der Waals surface area contributed by atoms with Gasteiger partial charge in [-0.25, -0.2) is 12.8 Å². The molecule has 150 valence electrons. The van der Waals surface area contributed by atoms with E-state index in [1.807, 2.05) is 13.8 Å². The van der Waals surface area contributed by atoms with Crippen LogP contribution in [-0.2, 0) is 14.8 Å². The van der Waals surface area contributed by atoms with Crippen molar-refractivity contribution in [3.63, 3.8) is 0 Å². The Bertz CT molecular complexity index is 983. The van der Waals surface area contributed by atoms with E-state index < -0.39 is 15.8 Å². The molecule has 1 aliphatic heterocycles. The smallest absolute Gasteiger partial charge is 0.262 e. The highest BCUT2D eigenvalue weighted by Gasteiger charge is 2.28. The van der Waals surface area contributed by atoms with Crippen molar-refractivity contribution < 1.29 is 22.3 Å². The van der Waals surface area contributed by atoms with Crippen LogP contribution in [0.1, 0.15) is 29.8 Å². The molecule has 28 heavy (non-hydrogen) atoms. The first kappa shape index (κ1) is 20.3. The molecule has 3 rings (SSSR count). The van der Waals surface area contributed by atoms with Gasteiger partial charge in [-0.15, -0.1) is 0 Å². The summed E-state index contributed by atoms with van der Waals surface area (Å²) in [4.78, 5) is 14.6. The monoisotopic (exact) mass is 406 g/mol. The van der Waals surface area contributed by atoms with Crippen LogP contribution in [0.4, 0.5) is 10.1 Å². The van der Waals surface area contributed by atoms with Crippen LogP contribution >= 0.6 is 0 Å². The van der Waals surface area contributed by atoms with Crippen molar-refractivity contribution in [3.8, 4) is 0 Å². The number of carbonyl (C=O) groups excluding carboxylic acids is 1. The van der Waals surface area contributed by atoms with Crippen LogP contribution < -0.4 is 4.72 Å². The van der Waals surface area contributed by atoms with E-state index >= 15 is 0 Å². The maximum atomic E-state index is 13.8. The fourth-order valence-electron chi connectivity index (χ4n) is 3.26. The molecular weight excluding hydrogens is 383 g/mol. The molecule has 2 atom stereocenters. The van der Waals surface area contributed by atoms with Gasteiger partial charge in [-0.3, -0.25) is 9.52 Å². The summed E-state index contributed by atoms with van der Waals surface area (Å²) in [6, 6.07) is 9.83. The van der Waals surface area contributed by atoms with E-state index in [9.17, 15) is 17.6 Å². The molecule has 0 unspecified atom stereocenters. The molecule has 0 aliphatic carbocycles. The maximum Gasteiger partial charge on any atom is 0.262 e. The van der Waals surface area contributed by atoms with E-state index in [1.165, 1.54) is 36.4 Å². The zero-order chi connectivity index (χ0) is 20.5. The lowest BCUT2D eigenvalue weighted by molar-refractivity contribution is -0.0586. The average Bonchev–Trinajstić information content (AvgIpc) is 2.62. The minimum absolute atomic E-state index is 0.0948. The van der Waals surface area contributed by atoms with Crippen LogP contribution in [0.15, 0.2) is 47.4 Å². The fraction of sp³-hybridized carbons (Fsp3) is 0.350. The predicted octanol–water partition coefficient (Wildman–Crippen LogP) is 3.18. The third-order valence-electron chi connectivity index (χ3n) is 4.57. The molecule has 1 heterocycles. The van der Waals surface area contributed by atoms with E-state index in [2.05, 4.69) is 4.72 Å². The summed E-state index contributed by atoms with van der Waals surface area (Å²) in [5.74, 6) is -0.923. The predicted molar refractivity (Wildman–Crippen MR) is 104 cm³/mol. The third kappa shape index (κ3) is 4.34. The molecule has 1 aliphatic rings. The molecule has 2 aromatic rings. The van der Waals surface area contributed by atoms with E-state index in [-0.39, 0.29) is 28.7 Å². The minimum Gasteiger partial charge on any atom is -0.372 e. The Balaban J connectivity index is 1.90. The first-order valence-electron chi connectivity index (χ1n) is 9.00. The van der Waals surface area contributed by atoms with Gasteiger partial charge in [0.05, 0.1) is 22.8 Å². The number of amides is 1. The lowest BCUT2D eigenvalue weighted by Crippen LogP contribution is -2.48. The van der Waals surface area contributed by atoms with Gasteiger partial charge in [0.2, 0.25) is 0 Å². The van der Waals surface area contributed by atoms with E-state index in [1.54, 1.807) is 17.9 Å². The average molecular weight is 406 g/mol. The summed E-state index contributed by atoms with van der Waals surface area (Å²) in [7, 11) is -4.05. The van der Waals surface area contributed by atoms with Gasteiger partial charge in [0.1, 0.15) is 5.82 Å². The summed E-state index contributed by atoms with van der Waals surface area (Å²) >= 11 is 0. The molecule has 0 radical (unpaired) electrons. The van der Waals surface area contributed by atoms with Crippen molar-refractivity contribution in [1.29, 1.82) is 0 Å². The summed E-state index contributed by atoms with van der Waals surface area (Å²) in [6.07, 6.45) is -0.190. The van der Waals surface area contributed by atoms with Crippen molar-refractivity contribution in [2.75, 3.05) is 17.8 Å².